The van der Waals surface area contributed by atoms with E-state index in [-0.39, 0.29) is 5.91 Å². The Morgan fingerprint density at radius 2 is 2.05 bits per heavy atom. The fraction of sp³-hybridized carbons (Fsp3) is 0.294. The van der Waals surface area contributed by atoms with Crippen LogP contribution in [0.5, 0.6) is 0 Å². The maximum absolute atomic E-state index is 11.4. The van der Waals surface area contributed by atoms with Crippen LogP contribution in [0, 0.1) is 0 Å². The molecule has 0 atom stereocenters. The van der Waals surface area contributed by atoms with Crippen LogP contribution in [0.4, 0.5) is 11.4 Å². The third-order valence-electron chi connectivity index (χ3n) is 3.38. The van der Waals surface area contributed by atoms with Gasteiger partial charge in [-0.05, 0) is 50.1 Å². The largest absolute Gasteiger partial charge is 0.387 e. The van der Waals surface area contributed by atoms with E-state index in [9.17, 15) is 4.79 Å². The molecule has 2 rings (SSSR count). The van der Waals surface area contributed by atoms with Crippen molar-refractivity contribution in [1.29, 1.82) is 0 Å². The van der Waals surface area contributed by atoms with Crippen LogP contribution in [0.2, 0.25) is 5.02 Å². The average molecular weight is 318 g/mol. The Morgan fingerprint density at radius 1 is 1.32 bits per heavy atom. The van der Waals surface area contributed by atoms with Crippen LogP contribution in [0.15, 0.2) is 46.1 Å². The van der Waals surface area contributed by atoms with Gasteiger partial charge in [0.1, 0.15) is 0 Å². The smallest absolute Gasteiger partial charge is 0.221 e. The van der Waals surface area contributed by atoms with Crippen molar-refractivity contribution < 1.29 is 4.79 Å². The van der Waals surface area contributed by atoms with Gasteiger partial charge in [-0.3, -0.25) is 4.79 Å². The molecule has 22 heavy (non-hydrogen) atoms. The molecule has 0 radical (unpaired) electrons. The second kappa shape index (κ2) is 6.79. The molecular formula is C17H20ClN3O. The predicted octanol–water partition coefficient (Wildman–Crippen LogP) is 4.21. The van der Waals surface area contributed by atoms with Gasteiger partial charge in [0.25, 0.3) is 0 Å². The molecule has 116 valence electrons. The van der Waals surface area contributed by atoms with Crippen LogP contribution in [-0.4, -0.2) is 18.7 Å². The highest BCUT2D eigenvalue weighted by molar-refractivity contribution is 6.33. The molecule has 1 aromatic rings. The molecule has 0 saturated heterocycles. The molecule has 0 fully saturated rings. The molecule has 0 saturated carbocycles. The molecule has 2 N–H and O–H groups in total. The lowest BCUT2D eigenvalue weighted by Gasteiger charge is -2.19. The first kappa shape index (κ1) is 16.3. The van der Waals surface area contributed by atoms with E-state index in [0.717, 1.165) is 34.8 Å². The first-order valence-corrected chi connectivity index (χ1v) is 7.49. The molecule has 4 nitrogen and oxygen atoms in total. The highest BCUT2D eigenvalue weighted by Gasteiger charge is 2.16. The molecule has 0 heterocycles. The van der Waals surface area contributed by atoms with Crippen molar-refractivity contribution in [3.8, 4) is 0 Å². The molecule has 0 spiro atoms. The molecule has 1 aliphatic carbocycles. The molecule has 1 aliphatic rings. The number of carbonyl (C=O) groups excluding carboxylic acids is 1. The second-order valence-electron chi connectivity index (χ2n) is 5.42. The first-order chi connectivity index (χ1) is 10.4. The minimum atomic E-state index is -0.0985. The number of carbonyl (C=O) groups is 1. The van der Waals surface area contributed by atoms with Crippen molar-refractivity contribution in [2.45, 2.75) is 27.2 Å². The maximum atomic E-state index is 11.4. The summed E-state index contributed by atoms with van der Waals surface area (Å²) in [6.45, 7) is 5.57. The third-order valence-corrected chi connectivity index (χ3v) is 3.70. The van der Waals surface area contributed by atoms with Gasteiger partial charge in [0, 0.05) is 14.0 Å². The molecule has 5 heteroatoms. The van der Waals surface area contributed by atoms with Gasteiger partial charge in [-0.2, -0.15) is 0 Å². The summed E-state index contributed by atoms with van der Waals surface area (Å²) in [6.07, 6.45) is 2.84. The predicted molar refractivity (Wildman–Crippen MR) is 93.0 cm³/mol. The number of benzene rings is 1. The van der Waals surface area contributed by atoms with E-state index < -0.39 is 0 Å². The van der Waals surface area contributed by atoms with Crippen molar-refractivity contribution in [2.24, 2.45) is 4.99 Å². The first-order valence-electron chi connectivity index (χ1n) is 7.11. The highest BCUT2D eigenvalue weighted by Crippen LogP contribution is 2.28. The minimum Gasteiger partial charge on any atom is -0.387 e. The Hall–Kier alpha value is -2.07. The fourth-order valence-electron chi connectivity index (χ4n) is 2.43. The van der Waals surface area contributed by atoms with Gasteiger partial charge in [0.2, 0.25) is 5.91 Å². The Morgan fingerprint density at radius 3 is 2.64 bits per heavy atom. The number of aliphatic imine (C=N–C) groups is 1. The van der Waals surface area contributed by atoms with Crippen molar-refractivity contribution in [2.75, 3.05) is 12.4 Å². The minimum absolute atomic E-state index is 0.0985. The Labute approximate surface area is 136 Å². The summed E-state index contributed by atoms with van der Waals surface area (Å²) in [4.78, 5) is 16.1. The number of nitrogens with one attached hydrogen (secondary N) is 2. The Bertz CT molecular complexity index is 702. The van der Waals surface area contributed by atoms with Crippen LogP contribution >= 0.6 is 11.6 Å². The van der Waals surface area contributed by atoms with E-state index in [0.29, 0.717) is 5.02 Å². The number of anilines is 1. The summed E-state index contributed by atoms with van der Waals surface area (Å²) < 4.78 is 0. The van der Waals surface area contributed by atoms with Crippen molar-refractivity contribution in [1.82, 2.24) is 5.32 Å². The normalized spacial score (nSPS) is 16.6. The van der Waals surface area contributed by atoms with Crippen molar-refractivity contribution in [3.05, 3.63) is 46.1 Å². The van der Waals surface area contributed by atoms with E-state index in [1.165, 1.54) is 12.5 Å². The number of amides is 1. The molecule has 0 aliphatic heterocycles. The van der Waals surface area contributed by atoms with E-state index >= 15 is 0 Å². The SMILES string of the molecule is CNc1ccc(N=C2C=C(C)CC(C)=C2NC(C)=O)cc1Cl. The summed E-state index contributed by atoms with van der Waals surface area (Å²) in [7, 11) is 1.82. The van der Waals surface area contributed by atoms with Crippen molar-refractivity contribution in [3.63, 3.8) is 0 Å². The lowest BCUT2D eigenvalue weighted by molar-refractivity contribution is -0.118. The van der Waals surface area contributed by atoms with E-state index in [2.05, 4.69) is 22.5 Å². The number of hydrogen-bond donors (Lipinski definition) is 2. The van der Waals surface area contributed by atoms with Gasteiger partial charge in [0.05, 0.1) is 27.8 Å². The number of hydrogen-bond acceptors (Lipinski definition) is 3. The van der Waals surface area contributed by atoms with Crippen LogP contribution in [0.1, 0.15) is 27.2 Å². The van der Waals surface area contributed by atoms with Gasteiger partial charge < -0.3 is 10.6 Å². The zero-order chi connectivity index (χ0) is 16.3. The molecule has 0 bridgehead atoms. The second-order valence-corrected chi connectivity index (χ2v) is 5.82. The number of halogens is 1. The van der Waals surface area contributed by atoms with Gasteiger partial charge >= 0.3 is 0 Å². The molecule has 0 unspecified atom stereocenters. The van der Waals surface area contributed by atoms with E-state index in [4.69, 9.17) is 11.6 Å². The summed E-state index contributed by atoms with van der Waals surface area (Å²) in [5, 5.41) is 6.51. The summed E-state index contributed by atoms with van der Waals surface area (Å²) in [6, 6.07) is 5.58. The molecular weight excluding hydrogens is 298 g/mol. The molecule has 1 aromatic carbocycles. The van der Waals surface area contributed by atoms with Crippen LogP contribution < -0.4 is 10.6 Å². The monoisotopic (exact) mass is 317 g/mol. The number of rotatable bonds is 3. The number of nitrogens with zero attached hydrogens (tertiary/aromatic N) is 1. The number of allylic oxidation sites excluding steroid dienone is 3. The average Bonchev–Trinajstić information content (AvgIpc) is 2.42. The van der Waals surface area contributed by atoms with E-state index in [1.54, 1.807) is 6.07 Å². The highest BCUT2D eigenvalue weighted by atomic mass is 35.5. The summed E-state index contributed by atoms with van der Waals surface area (Å²) in [5.41, 5.74) is 5.46. The Balaban J connectivity index is 2.44. The van der Waals surface area contributed by atoms with Crippen LogP contribution in [0.3, 0.4) is 0 Å². The van der Waals surface area contributed by atoms with Gasteiger partial charge in [-0.25, -0.2) is 4.99 Å². The molecule has 0 aromatic heterocycles. The lowest BCUT2D eigenvalue weighted by Crippen LogP contribution is -2.27. The van der Waals surface area contributed by atoms with E-state index in [1.807, 2.05) is 32.2 Å². The fourth-order valence-corrected chi connectivity index (χ4v) is 2.70. The standard InChI is InChI=1S/C17H20ClN3O/c1-10-7-11(2)17(20-12(3)22)16(8-10)21-13-5-6-15(19-4)14(18)9-13/h5-6,8-9,19H,7H2,1-4H3,(H,20,22). The van der Waals surface area contributed by atoms with Crippen molar-refractivity contribution >= 4 is 34.6 Å². The zero-order valence-corrected chi connectivity index (χ0v) is 14.0. The maximum Gasteiger partial charge on any atom is 0.221 e. The molecule has 1 amide bonds. The third kappa shape index (κ3) is 3.77. The summed E-state index contributed by atoms with van der Waals surface area (Å²) in [5.74, 6) is -0.0985. The topological polar surface area (TPSA) is 53.5 Å². The van der Waals surface area contributed by atoms with Gasteiger partial charge in [0.15, 0.2) is 0 Å². The van der Waals surface area contributed by atoms with Crippen LogP contribution in [0.25, 0.3) is 0 Å². The van der Waals surface area contributed by atoms with Gasteiger partial charge in [-0.15, -0.1) is 0 Å². The zero-order valence-electron chi connectivity index (χ0n) is 13.2. The quantitative estimate of drug-likeness (QED) is 0.877. The van der Waals surface area contributed by atoms with Crippen LogP contribution in [-0.2, 0) is 4.79 Å². The van der Waals surface area contributed by atoms with Gasteiger partial charge in [-0.1, -0.05) is 17.2 Å². The lowest BCUT2D eigenvalue weighted by atomic mass is 9.96. The Kier molecular flexibility index (Phi) is 5.03. The summed E-state index contributed by atoms with van der Waals surface area (Å²) >= 11 is 6.20.